The number of benzene rings is 3. The van der Waals surface area contributed by atoms with Crippen LogP contribution < -0.4 is 10.1 Å². The van der Waals surface area contributed by atoms with Crippen LogP contribution in [0.4, 0.5) is 5.69 Å². The van der Waals surface area contributed by atoms with Gasteiger partial charge in [-0.25, -0.2) is 0 Å². The number of fused-ring (bicyclic) bond motifs is 1. The third-order valence-electron chi connectivity index (χ3n) is 5.63. The first-order valence-electron chi connectivity index (χ1n) is 11.5. The number of anilines is 1. The lowest BCUT2D eigenvalue weighted by atomic mass is 10.0. The van der Waals surface area contributed by atoms with E-state index in [0.29, 0.717) is 29.5 Å². The molecule has 6 heteroatoms. The zero-order chi connectivity index (χ0) is 23.4. The molecule has 0 unspecified atom stereocenters. The highest BCUT2D eigenvalue weighted by Crippen LogP contribution is 2.24. The van der Waals surface area contributed by atoms with Crippen molar-refractivity contribution in [2.45, 2.75) is 46.5 Å². The van der Waals surface area contributed by atoms with Crippen molar-refractivity contribution in [1.82, 2.24) is 15.0 Å². The monoisotopic (exact) mass is 442 g/mol. The molecule has 170 valence electrons. The molecule has 1 aromatic heterocycles. The zero-order valence-electron chi connectivity index (χ0n) is 19.6. The van der Waals surface area contributed by atoms with E-state index in [4.69, 9.17) is 4.74 Å². The van der Waals surface area contributed by atoms with Crippen molar-refractivity contribution in [1.29, 1.82) is 0 Å². The molecule has 0 aliphatic heterocycles. The van der Waals surface area contributed by atoms with Crippen molar-refractivity contribution in [2.24, 2.45) is 0 Å². The number of carbonyl (C=O) groups excluding carboxylic acids is 1. The molecule has 1 N–H and O–H groups in total. The van der Waals surface area contributed by atoms with Gasteiger partial charge in [0.05, 0.1) is 12.3 Å². The highest BCUT2D eigenvalue weighted by Gasteiger charge is 2.13. The van der Waals surface area contributed by atoms with Crippen molar-refractivity contribution in [3.63, 3.8) is 0 Å². The van der Waals surface area contributed by atoms with Crippen molar-refractivity contribution in [3.05, 3.63) is 77.4 Å². The van der Waals surface area contributed by atoms with Gasteiger partial charge < -0.3 is 10.1 Å². The van der Waals surface area contributed by atoms with Gasteiger partial charge in [-0.1, -0.05) is 45.4 Å². The molecule has 4 rings (SSSR count). The second-order valence-corrected chi connectivity index (χ2v) is 8.58. The van der Waals surface area contributed by atoms with E-state index in [2.05, 4.69) is 48.4 Å². The largest absolute Gasteiger partial charge is 0.494 e. The Morgan fingerprint density at radius 1 is 1.03 bits per heavy atom. The van der Waals surface area contributed by atoms with E-state index in [1.165, 1.54) is 5.56 Å². The van der Waals surface area contributed by atoms with Gasteiger partial charge in [-0.2, -0.15) is 4.80 Å². The highest BCUT2D eigenvalue weighted by atomic mass is 16.5. The molecule has 0 saturated carbocycles. The fourth-order valence-electron chi connectivity index (χ4n) is 3.57. The highest BCUT2D eigenvalue weighted by molar-refractivity contribution is 6.05. The summed E-state index contributed by atoms with van der Waals surface area (Å²) in [5.41, 5.74) is 5.87. The fraction of sp³-hybridized carbons (Fsp3) is 0.296. The summed E-state index contributed by atoms with van der Waals surface area (Å²) in [7, 11) is 0. The number of amides is 1. The number of hydrogen-bond acceptors (Lipinski definition) is 4. The van der Waals surface area contributed by atoms with E-state index in [-0.39, 0.29) is 5.91 Å². The van der Waals surface area contributed by atoms with Crippen LogP contribution >= 0.6 is 0 Å². The number of aryl methyl sites for hydroxylation is 1. The maximum atomic E-state index is 12.9. The molecular formula is C27H30N4O2. The van der Waals surface area contributed by atoms with Gasteiger partial charge in [0.15, 0.2) is 0 Å². The molecule has 0 aliphatic rings. The van der Waals surface area contributed by atoms with Crippen LogP contribution in [0.2, 0.25) is 0 Å². The summed E-state index contributed by atoms with van der Waals surface area (Å²) in [6.07, 6.45) is 2.05. The molecule has 1 amide bonds. The first kappa shape index (κ1) is 22.5. The number of ether oxygens (including phenoxy) is 1. The maximum Gasteiger partial charge on any atom is 0.255 e. The van der Waals surface area contributed by atoms with E-state index >= 15 is 0 Å². The first-order valence-corrected chi connectivity index (χ1v) is 11.5. The van der Waals surface area contributed by atoms with Gasteiger partial charge in [-0.05, 0) is 72.9 Å². The Balaban J connectivity index is 1.54. The average molecular weight is 443 g/mol. The molecule has 3 aromatic carbocycles. The third-order valence-corrected chi connectivity index (χ3v) is 5.63. The lowest BCUT2D eigenvalue weighted by Crippen LogP contribution is -2.13. The topological polar surface area (TPSA) is 69.0 Å². The van der Waals surface area contributed by atoms with Gasteiger partial charge in [0.2, 0.25) is 0 Å². The van der Waals surface area contributed by atoms with E-state index in [9.17, 15) is 4.79 Å². The summed E-state index contributed by atoms with van der Waals surface area (Å²) in [5, 5.41) is 12.3. The number of nitrogens with one attached hydrogen (secondary N) is 1. The Morgan fingerprint density at radius 2 is 1.76 bits per heavy atom. The molecule has 0 atom stereocenters. The minimum absolute atomic E-state index is 0.185. The fourth-order valence-corrected chi connectivity index (χ4v) is 3.57. The molecule has 0 saturated heterocycles. The summed E-state index contributed by atoms with van der Waals surface area (Å²) in [6.45, 7) is 9.06. The van der Waals surface area contributed by atoms with E-state index in [0.717, 1.165) is 35.1 Å². The Bertz CT molecular complexity index is 1260. The van der Waals surface area contributed by atoms with E-state index < -0.39 is 0 Å². The van der Waals surface area contributed by atoms with Gasteiger partial charge in [0.25, 0.3) is 5.91 Å². The quantitative estimate of drug-likeness (QED) is 0.326. The molecule has 0 radical (unpaired) electrons. The Morgan fingerprint density at radius 3 is 2.45 bits per heavy atom. The average Bonchev–Trinajstić information content (AvgIpc) is 3.22. The molecule has 0 aliphatic carbocycles. The second kappa shape index (κ2) is 9.86. The van der Waals surface area contributed by atoms with Crippen LogP contribution in [-0.4, -0.2) is 27.5 Å². The Hall–Kier alpha value is -3.67. The predicted molar refractivity (Wildman–Crippen MR) is 132 cm³/mol. The van der Waals surface area contributed by atoms with Crippen LogP contribution in [-0.2, 0) is 0 Å². The molecule has 0 bridgehead atoms. The summed E-state index contributed by atoms with van der Waals surface area (Å²) in [6, 6.07) is 19.3. The Kier molecular flexibility index (Phi) is 6.73. The van der Waals surface area contributed by atoms with Gasteiger partial charge in [-0.3, -0.25) is 4.79 Å². The van der Waals surface area contributed by atoms with Gasteiger partial charge in [0, 0.05) is 11.3 Å². The van der Waals surface area contributed by atoms with Crippen molar-refractivity contribution in [3.8, 4) is 11.4 Å². The van der Waals surface area contributed by atoms with Crippen LogP contribution in [0.25, 0.3) is 16.7 Å². The number of nitrogens with zero attached hydrogens (tertiary/aromatic N) is 3. The van der Waals surface area contributed by atoms with Gasteiger partial charge in [0.1, 0.15) is 16.8 Å². The van der Waals surface area contributed by atoms with Gasteiger partial charge in [-0.15, -0.1) is 10.2 Å². The standard InChI is InChI=1S/C27H30N4O2/c1-5-6-14-33-23-9-7-8-21(16-23)27(32)28-24-17-26-25(15-19(24)4)29-31(30-26)22-12-10-20(11-13-22)18(2)3/h7-13,15-18H,5-6,14H2,1-4H3,(H,28,32). The lowest BCUT2D eigenvalue weighted by molar-refractivity contribution is 0.102. The summed E-state index contributed by atoms with van der Waals surface area (Å²) < 4.78 is 5.73. The van der Waals surface area contributed by atoms with Crippen LogP contribution in [0.3, 0.4) is 0 Å². The first-order chi connectivity index (χ1) is 15.9. The smallest absolute Gasteiger partial charge is 0.255 e. The summed E-state index contributed by atoms with van der Waals surface area (Å²) in [5.74, 6) is 0.992. The lowest BCUT2D eigenvalue weighted by Gasteiger charge is -2.10. The van der Waals surface area contributed by atoms with Crippen LogP contribution in [0, 0.1) is 6.92 Å². The van der Waals surface area contributed by atoms with Crippen LogP contribution in [0.1, 0.15) is 61.0 Å². The minimum Gasteiger partial charge on any atom is -0.494 e. The number of hydrogen-bond donors (Lipinski definition) is 1. The number of carbonyl (C=O) groups is 1. The predicted octanol–water partition coefficient (Wildman–Crippen LogP) is 6.28. The number of unbranched alkanes of at least 4 members (excludes halogenated alkanes) is 1. The molecule has 4 aromatic rings. The number of aromatic nitrogens is 3. The molecule has 6 nitrogen and oxygen atoms in total. The van der Waals surface area contributed by atoms with Crippen molar-refractivity contribution >= 4 is 22.6 Å². The van der Waals surface area contributed by atoms with Crippen molar-refractivity contribution in [2.75, 3.05) is 11.9 Å². The Labute approximate surface area is 194 Å². The van der Waals surface area contributed by atoms with Gasteiger partial charge >= 0.3 is 0 Å². The molecule has 1 heterocycles. The normalized spacial score (nSPS) is 11.2. The van der Waals surface area contributed by atoms with Crippen LogP contribution in [0.5, 0.6) is 5.75 Å². The molecule has 0 fully saturated rings. The van der Waals surface area contributed by atoms with E-state index in [1.54, 1.807) is 16.9 Å². The number of rotatable bonds is 8. The zero-order valence-corrected chi connectivity index (χ0v) is 19.6. The molecular weight excluding hydrogens is 412 g/mol. The SMILES string of the molecule is CCCCOc1cccc(C(=O)Nc2cc3nn(-c4ccc(C(C)C)cc4)nc3cc2C)c1. The van der Waals surface area contributed by atoms with Crippen LogP contribution in [0.15, 0.2) is 60.7 Å². The third kappa shape index (κ3) is 5.22. The molecule has 33 heavy (non-hydrogen) atoms. The van der Waals surface area contributed by atoms with Crippen molar-refractivity contribution < 1.29 is 9.53 Å². The van der Waals surface area contributed by atoms with E-state index in [1.807, 2.05) is 43.3 Å². The summed E-state index contributed by atoms with van der Waals surface area (Å²) >= 11 is 0. The molecule has 0 spiro atoms. The second-order valence-electron chi connectivity index (χ2n) is 8.58. The summed E-state index contributed by atoms with van der Waals surface area (Å²) in [4.78, 5) is 14.5. The minimum atomic E-state index is -0.185. The maximum absolute atomic E-state index is 12.9.